The summed E-state index contributed by atoms with van der Waals surface area (Å²) in [5.74, 6) is 5.68. The summed E-state index contributed by atoms with van der Waals surface area (Å²) in [7, 11) is 0. The SMILES string of the molecule is CCc1ccc(CC(NN)c2cc(Br)ccc2Cl)nc1. The minimum atomic E-state index is -0.0695. The third-order valence-electron chi connectivity index (χ3n) is 3.24. The minimum absolute atomic E-state index is 0.0695. The summed E-state index contributed by atoms with van der Waals surface area (Å²) >= 11 is 9.70. The van der Waals surface area contributed by atoms with E-state index in [2.05, 4.69) is 39.3 Å². The van der Waals surface area contributed by atoms with Crippen LogP contribution in [0.5, 0.6) is 0 Å². The number of pyridine rings is 1. The van der Waals surface area contributed by atoms with E-state index in [1.165, 1.54) is 5.56 Å². The maximum Gasteiger partial charge on any atom is 0.0530 e. The fourth-order valence-corrected chi connectivity index (χ4v) is 2.66. The number of hydrogen-bond donors (Lipinski definition) is 2. The number of aromatic nitrogens is 1. The molecule has 0 aliphatic heterocycles. The quantitative estimate of drug-likeness (QED) is 0.634. The molecule has 0 saturated carbocycles. The highest BCUT2D eigenvalue weighted by molar-refractivity contribution is 9.10. The lowest BCUT2D eigenvalue weighted by molar-refractivity contribution is 0.546. The van der Waals surface area contributed by atoms with Gasteiger partial charge < -0.3 is 0 Å². The number of hydrogen-bond acceptors (Lipinski definition) is 3. The van der Waals surface area contributed by atoms with Gasteiger partial charge in [-0.15, -0.1) is 0 Å². The van der Waals surface area contributed by atoms with Crippen molar-refractivity contribution in [1.29, 1.82) is 0 Å². The molecule has 106 valence electrons. The number of halogens is 2. The van der Waals surface area contributed by atoms with Crippen molar-refractivity contribution in [3.8, 4) is 0 Å². The van der Waals surface area contributed by atoms with Gasteiger partial charge in [0.05, 0.1) is 6.04 Å². The fourth-order valence-electron chi connectivity index (χ4n) is 2.03. The van der Waals surface area contributed by atoms with Crippen LogP contribution in [0.1, 0.15) is 29.8 Å². The van der Waals surface area contributed by atoms with Crippen LogP contribution < -0.4 is 11.3 Å². The molecule has 5 heteroatoms. The summed E-state index contributed by atoms with van der Waals surface area (Å²) in [5, 5.41) is 0.696. The Morgan fingerprint density at radius 3 is 2.75 bits per heavy atom. The van der Waals surface area contributed by atoms with E-state index < -0.39 is 0 Å². The zero-order valence-electron chi connectivity index (χ0n) is 11.2. The molecule has 0 amide bonds. The molecule has 1 unspecified atom stereocenters. The van der Waals surface area contributed by atoms with Crippen LogP contribution in [0.4, 0.5) is 0 Å². The summed E-state index contributed by atoms with van der Waals surface area (Å²) < 4.78 is 0.978. The largest absolute Gasteiger partial charge is 0.271 e. The highest BCUT2D eigenvalue weighted by atomic mass is 79.9. The molecule has 1 heterocycles. The smallest absolute Gasteiger partial charge is 0.0530 e. The second kappa shape index (κ2) is 7.18. The lowest BCUT2D eigenvalue weighted by Gasteiger charge is -2.18. The Morgan fingerprint density at radius 2 is 2.15 bits per heavy atom. The van der Waals surface area contributed by atoms with Gasteiger partial charge in [-0.1, -0.05) is 40.5 Å². The number of rotatable bonds is 5. The molecule has 1 atom stereocenters. The maximum absolute atomic E-state index is 6.25. The van der Waals surface area contributed by atoms with Crippen LogP contribution in [0.25, 0.3) is 0 Å². The number of aryl methyl sites for hydroxylation is 1. The second-order valence-corrected chi connectivity index (χ2v) is 5.92. The van der Waals surface area contributed by atoms with Crippen LogP contribution >= 0.6 is 27.5 Å². The number of nitrogens with two attached hydrogens (primary N) is 1. The van der Waals surface area contributed by atoms with Gasteiger partial charge >= 0.3 is 0 Å². The number of benzene rings is 1. The zero-order valence-corrected chi connectivity index (χ0v) is 13.6. The molecule has 3 N–H and O–H groups in total. The molecule has 0 radical (unpaired) electrons. The average molecular weight is 355 g/mol. The van der Waals surface area contributed by atoms with Crippen molar-refractivity contribution in [2.45, 2.75) is 25.8 Å². The molecule has 0 spiro atoms. The van der Waals surface area contributed by atoms with Gasteiger partial charge in [0.15, 0.2) is 0 Å². The van der Waals surface area contributed by atoms with Crippen LogP contribution in [0.3, 0.4) is 0 Å². The summed E-state index contributed by atoms with van der Waals surface area (Å²) in [6, 6.07) is 9.81. The Morgan fingerprint density at radius 1 is 1.35 bits per heavy atom. The van der Waals surface area contributed by atoms with Crippen LogP contribution in [0.2, 0.25) is 5.02 Å². The molecule has 3 nitrogen and oxygen atoms in total. The molecule has 1 aromatic heterocycles. The first-order valence-electron chi connectivity index (χ1n) is 6.49. The van der Waals surface area contributed by atoms with Gasteiger partial charge in [-0.05, 0) is 41.8 Å². The summed E-state index contributed by atoms with van der Waals surface area (Å²) in [5.41, 5.74) is 6.00. The topological polar surface area (TPSA) is 50.9 Å². The van der Waals surface area contributed by atoms with Crippen molar-refractivity contribution < 1.29 is 0 Å². The molecule has 2 rings (SSSR count). The lowest BCUT2D eigenvalue weighted by Crippen LogP contribution is -2.30. The molecular formula is C15H17BrClN3. The van der Waals surface area contributed by atoms with E-state index in [9.17, 15) is 0 Å². The molecule has 0 saturated heterocycles. The third kappa shape index (κ3) is 3.79. The van der Waals surface area contributed by atoms with Gasteiger partial charge in [-0.3, -0.25) is 16.3 Å². The number of nitrogens with one attached hydrogen (secondary N) is 1. The van der Waals surface area contributed by atoms with Gasteiger partial charge in [-0.2, -0.15) is 0 Å². The van der Waals surface area contributed by atoms with Crippen molar-refractivity contribution in [2.75, 3.05) is 0 Å². The van der Waals surface area contributed by atoms with E-state index in [4.69, 9.17) is 17.4 Å². The Kier molecular flexibility index (Phi) is 5.54. The number of hydrazine groups is 1. The van der Waals surface area contributed by atoms with Crippen LogP contribution in [-0.4, -0.2) is 4.98 Å². The summed E-state index contributed by atoms with van der Waals surface area (Å²) in [4.78, 5) is 4.46. The van der Waals surface area contributed by atoms with Gasteiger partial charge in [0.1, 0.15) is 0 Å². The minimum Gasteiger partial charge on any atom is -0.271 e. The van der Waals surface area contributed by atoms with Crippen molar-refractivity contribution >= 4 is 27.5 Å². The summed E-state index contributed by atoms with van der Waals surface area (Å²) in [6.07, 6.45) is 3.59. The third-order valence-corrected chi connectivity index (χ3v) is 4.08. The number of nitrogens with zero attached hydrogens (tertiary/aromatic N) is 1. The van der Waals surface area contributed by atoms with Crippen molar-refractivity contribution in [1.82, 2.24) is 10.4 Å². The highest BCUT2D eigenvalue weighted by Crippen LogP contribution is 2.28. The average Bonchev–Trinajstić information content (AvgIpc) is 2.48. The molecular weight excluding hydrogens is 338 g/mol. The molecule has 0 fully saturated rings. The molecule has 0 bridgehead atoms. The lowest BCUT2D eigenvalue weighted by atomic mass is 10.0. The van der Waals surface area contributed by atoms with E-state index in [1.54, 1.807) is 0 Å². The predicted molar refractivity (Wildman–Crippen MR) is 86.5 cm³/mol. The van der Waals surface area contributed by atoms with E-state index >= 15 is 0 Å². The van der Waals surface area contributed by atoms with Crippen molar-refractivity contribution in [3.63, 3.8) is 0 Å². The Hall–Kier alpha value is -0.940. The van der Waals surface area contributed by atoms with E-state index in [0.29, 0.717) is 11.4 Å². The van der Waals surface area contributed by atoms with Gasteiger partial charge in [0, 0.05) is 27.8 Å². The molecule has 0 aliphatic carbocycles. The first-order chi connectivity index (χ1) is 9.63. The van der Waals surface area contributed by atoms with Crippen molar-refractivity contribution in [3.05, 3.63) is 62.8 Å². The molecule has 2 aromatic rings. The van der Waals surface area contributed by atoms with E-state index in [1.807, 2.05) is 30.5 Å². The normalized spacial score (nSPS) is 12.4. The van der Waals surface area contributed by atoms with Gasteiger partial charge in [0.2, 0.25) is 0 Å². The zero-order chi connectivity index (χ0) is 14.5. The van der Waals surface area contributed by atoms with Crippen molar-refractivity contribution in [2.24, 2.45) is 5.84 Å². The predicted octanol–water partition coefficient (Wildman–Crippen LogP) is 3.81. The Balaban J connectivity index is 2.21. The fraction of sp³-hybridized carbons (Fsp3) is 0.267. The molecule has 20 heavy (non-hydrogen) atoms. The van der Waals surface area contributed by atoms with E-state index in [0.717, 1.165) is 22.2 Å². The maximum atomic E-state index is 6.25. The molecule has 1 aromatic carbocycles. The summed E-state index contributed by atoms with van der Waals surface area (Å²) in [6.45, 7) is 2.11. The first kappa shape index (κ1) is 15.4. The van der Waals surface area contributed by atoms with Gasteiger partial charge in [-0.25, -0.2) is 0 Å². The first-order valence-corrected chi connectivity index (χ1v) is 7.66. The monoisotopic (exact) mass is 353 g/mol. The second-order valence-electron chi connectivity index (χ2n) is 4.60. The van der Waals surface area contributed by atoms with Crippen LogP contribution in [-0.2, 0) is 12.8 Å². The Labute approximate surface area is 132 Å². The standard InChI is InChI=1S/C15H17BrClN3/c1-2-10-3-5-12(19-9-10)8-15(20-18)13-7-11(16)4-6-14(13)17/h3-7,9,15,20H,2,8,18H2,1H3. The molecule has 0 aliphatic rings. The van der Waals surface area contributed by atoms with Gasteiger partial charge in [0.25, 0.3) is 0 Å². The van der Waals surface area contributed by atoms with Crippen LogP contribution in [0, 0.1) is 0 Å². The van der Waals surface area contributed by atoms with Crippen LogP contribution in [0.15, 0.2) is 41.0 Å². The Bertz CT molecular complexity index is 572. The highest BCUT2D eigenvalue weighted by Gasteiger charge is 2.15. The van der Waals surface area contributed by atoms with E-state index in [-0.39, 0.29) is 6.04 Å².